The van der Waals surface area contributed by atoms with E-state index in [1.165, 1.54) is 0 Å². The van der Waals surface area contributed by atoms with Crippen molar-refractivity contribution >= 4 is 18.5 Å². The lowest BCUT2D eigenvalue weighted by Crippen LogP contribution is -2.53. The van der Waals surface area contributed by atoms with Crippen LogP contribution in [0.2, 0.25) is 0 Å². The summed E-state index contributed by atoms with van der Waals surface area (Å²) < 4.78 is 0. The Morgan fingerprint density at radius 3 is 2.62 bits per heavy atom. The van der Waals surface area contributed by atoms with E-state index in [9.17, 15) is 4.79 Å². The van der Waals surface area contributed by atoms with E-state index in [-0.39, 0.29) is 5.92 Å². The van der Waals surface area contributed by atoms with Gasteiger partial charge in [0.1, 0.15) is 0 Å². The molecule has 1 N–H and O–H groups in total. The van der Waals surface area contributed by atoms with Crippen molar-refractivity contribution in [3.05, 3.63) is 0 Å². The average Bonchev–Trinajstić information content (AvgIpc) is 2.29. The second kappa shape index (κ2) is 5.41. The highest BCUT2D eigenvalue weighted by Gasteiger charge is 2.30. The monoisotopic (exact) mass is 242 g/mol. The SMILES string of the molecule is CC1CN(C(=O)C2CCC(S)CC2)CCN1. The van der Waals surface area contributed by atoms with Crippen LogP contribution in [0.25, 0.3) is 0 Å². The van der Waals surface area contributed by atoms with E-state index in [1.54, 1.807) is 0 Å². The maximum Gasteiger partial charge on any atom is 0.225 e. The van der Waals surface area contributed by atoms with Gasteiger partial charge in [0.05, 0.1) is 0 Å². The van der Waals surface area contributed by atoms with Crippen molar-refractivity contribution in [2.75, 3.05) is 19.6 Å². The highest BCUT2D eigenvalue weighted by molar-refractivity contribution is 7.80. The van der Waals surface area contributed by atoms with Gasteiger partial charge >= 0.3 is 0 Å². The predicted molar refractivity (Wildman–Crippen MR) is 68.8 cm³/mol. The van der Waals surface area contributed by atoms with Crippen LogP contribution in [0.5, 0.6) is 0 Å². The summed E-state index contributed by atoms with van der Waals surface area (Å²) in [4.78, 5) is 14.3. The molecule has 1 saturated heterocycles. The minimum Gasteiger partial charge on any atom is -0.340 e. The highest BCUT2D eigenvalue weighted by Crippen LogP contribution is 2.28. The van der Waals surface area contributed by atoms with Crippen LogP contribution in [-0.2, 0) is 4.79 Å². The highest BCUT2D eigenvalue weighted by atomic mass is 32.1. The van der Waals surface area contributed by atoms with Gasteiger partial charge in [0.2, 0.25) is 5.91 Å². The van der Waals surface area contributed by atoms with Crippen LogP contribution in [0.4, 0.5) is 0 Å². The van der Waals surface area contributed by atoms with Gasteiger partial charge in [0.15, 0.2) is 0 Å². The summed E-state index contributed by atoms with van der Waals surface area (Å²) in [5, 5.41) is 3.89. The van der Waals surface area contributed by atoms with E-state index in [4.69, 9.17) is 0 Å². The summed E-state index contributed by atoms with van der Waals surface area (Å²) in [5.74, 6) is 0.655. The van der Waals surface area contributed by atoms with Crippen molar-refractivity contribution in [1.29, 1.82) is 0 Å². The van der Waals surface area contributed by atoms with Gasteiger partial charge in [0.25, 0.3) is 0 Å². The Bertz CT molecular complexity index is 251. The maximum absolute atomic E-state index is 12.3. The largest absolute Gasteiger partial charge is 0.340 e. The molecule has 1 unspecified atom stereocenters. The first kappa shape index (κ1) is 12.2. The first-order valence-electron chi connectivity index (χ1n) is 6.37. The van der Waals surface area contributed by atoms with Crippen molar-refractivity contribution in [2.24, 2.45) is 5.92 Å². The average molecular weight is 242 g/mol. The number of amides is 1. The fourth-order valence-corrected chi connectivity index (χ4v) is 3.01. The second-order valence-electron chi connectivity index (χ2n) is 5.14. The number of thiol groups is 1. The van der Waals surface area contributed by atoms with E-state index >= 15 is 0 Å². The summed E-state index contributed by atoms with van der Waals surface area (Å²) in [6.07, 6.45) is 4.26. The molecule has 2 aliphatic rings. The number of nitrogens with zero attached hydrogens (tertiary/aromatic N) is 1. The molecule has 0 spiro atoms. The van der Waals surface area contributed by atoms with Crippen molar-refractivity contribution in [2.45, 2.75) is 43.9 Å². The molecular weight excluding hydrogens is 220 g/mol. The molecular formula is C12H22N2OS. The Kier molecular flexibility index (Phi) is 4.14. The number of hydrogen-bond donors (Lipinski definition) is 2. The molecule has 1 saturated carbocycles. The Balaban J connectivity index is 1.86. The topological polar surface area (TPSA) is 32.3 Å². The molecule has 1 heterocycles. The molecule has 3 nitrogen and oxygen atoms in total. The zero-order valence-corrected chi connectivity index (χ0v) is 10.9. The van der Waals surface area contributed by atoms with Crippen LogP contribution < -0.4 is 5.32 Å². The van der Waals surface area contributed by atoms with Gasteiger partial charge in [-0.15, -0.1) is 0 Å². The van der Waals surface area contributed by atoms with Gasteiger partial charge in [-0.05, 0) is 32.6 Å². The smallest absolute Gasteiger partial charge is 0.225 e. The molecule has 16 heavy (non-hydrogen) atoms. The van der Waals surface area contributed by atoms with Crippen LogP contribution in [-0.4, -0.2) is 41.7 Å². The number of hydrogen-bond acceptors (Lipinski definition) is 3. The molecule has 0 aromatic heterocycles. The molecule has 92 valence electrons. The normalized spacial score (nSPS) is 36.1. The molecule has 0 aromatic carbocycles. The predicted octanol–water partition coefficient (Wildman–Crippen LogP) is 1.30. The summed E-state index contributed by atoms with van der Waals surface area (Å²) in [6, 6.07) is 0.443. The number of carbonyl (C=O) groups excluding carboxylic acids is 1. The van der Waals surface area contributed by atoms with E-state index in [2.05, 4.69) is 24.9 Å². The van der Waals surface area contributed by atoms with Gasteiger partial charge in [-0.1, -0.05) is 0 Å². The third-order valence-corrected chi connectivity index (χ3v) is 4.24. The fourth-order valence-electron chi connectivity index (χ4n) is 2.71. The van der Waals surface area contributed by atoms with Crippen LogP contribution in [0.3, 0.4) is 0 Å². The number of rotatable bonds is 1. The molecule has 2 rings (SSSR count). The van der Waals surface area contributed by atoms with Crippen LogP contribution in [0.1, 0.15) is 32.6 Å². The molecule has 1 aliphatic carbocycles. The molecule has 1 amide bonds. The van der Waals surface area contributed by atoms with Gasteiger partial charge in [0, 0.05) is 36.8 Å². The summed E-state index contributed by atoms with van der Waals surface area (Å²) in [5.41, 5.74) is 0. The van der Waals surface area contributed by atoms with E-state index in [1.807, 2.05) is 4.90 Å². The van der Waals surface area contributed by atoms with Crippen molar-refractivity contribution in [3.63, 3.8) is 0 Å². The number of piperazine rings is 1. The van der Waals surface area contributed by atoms with E-state index < -0.39 is 0 Å². The molecule has 1 atom stereocenters. The lowest BCUT2D eigenvalue weighted by molar-refractivity contribution is -0.137. The van der Waals surface area contributed by atoms with Gasteiger partial charge < -0.3 is 10.2 Å². The Morgan fingerprint density at radius 2 is 2.00 bits per heavy atom. The molecule has 4 heteroatoms. The maximum atomic E-state index is 12.3. The first-order chi connectivity index (χ1) is 7.66. The minimum absolute atomic E-state index is 0.272. The third-order valence-electron chi connectivity index (χ3n) is 3.73. The van der Waals surface area contributed by atoms with Crippen molar-refractivity contribution in [1.82, 2.24) is 10.2 Å². The van der Waals surface area contributed by atoms with Gasteiger partial charge in [-0.25, -0.2) is 0 Å². The molecule has 0 aromatic rings. The quantitative estimate of drug-likeness (QED) is 0.679. The van der Waals surface area contributed by atoms with Crippen LogP contribution >= 0.6 is 12.6 Å². The Labute approximate surface area is 103 Å². The fraction of sp³-hybridized carbons (Fsp3) is 0.917. The Hall–Kier alpha value is -0.220. The summed E-state index contributed by atoms with van der Waals surface area (Å²) >= 11 is 4.48. The lowest BCUT2D eigenvalue weighted by atomic mass is 9.87. The van der Waals surface area contributed by atoms with Gasteiger partial charge in [-0.3, -0.25) is 4.79 Å². The first-order valence-corrected chi connectivity index (χ1v) is 6.88. The van der Waals surface area contributed by atoms with Crippen molar-refractivity contribution < 1.29 is 4.79 Å². The van der Waals surface area contributed by atoms with Crippen LogP contribution in [0.15, 0.2) is 0 Å². The molecule has 2 fully saturated rings. The Morgan fingerprint density at radius 1 is 1.31 bits per heavy atom. The zero-order chi connectivity index (χ0) is 11.5. The van der Waals surface area contributed by atoms with E-state index in [0.717, 1.165) is 45.3 Å². The third kappa shape index (κ3) is 2.92. The molecule has 0 radical (unpaired) electrons. The summed E-state index contributed by atoms with van der Waals surface area (Å²) in [7, 11) is 0. The second-order valence-corrected chi connectivity index (χ2v) is 5.88. The number of carbonyl (C=O) groups is 1. The molecule has 1 aliphatic heterocycles. The molecule has 0 bridgehead atoms. The minimum atomic E-state index is 0.272. The van der Waals surface area contributed by atoms with Gasteiger partial charge in [-0.2, -0.15) is 12.6 Å². The number of nitrogens with one attached hydrogen (secondary N) is 1. The van der Waals surface area contributed by atoms with E-state index in [0.29, 0.717) is 17.2 Å². The summed E-state index contributed by atoms with van der Waals surface area (Å²) in [6.45, 7) is 4.84. The van der Waals surface area contributed by atoms with Crippen molar-refractivity contribution in [3.8, 4) is 0 Å². The standard InChI is InChI=1S/C12H22N2OS/c1-9-8-14(7-6-13-9)12(15)10-2-4-11(16)5-3-10/h9-11,13,16H,2-8H2,1H3. The zero-order valence-electron chi connectivity index (χ0n) is 9.98. The van der Waals surface area contributed by atoms with Crippen LogP contribution in [0, 0.1) is 5.92 Å². The lowest BCUT2D eigenvalue weighted by Gasteiger charge is -2.36.